The van der Waals surface area contributed by atoms with Gasteiger partial charge in [-0.05, 0) is 19.3 Å². The lowest BCUT2D eigenvalue weighted by molar-refractivity contribution is 0.257. The summed E-state index contributed by atoms with van der Waals surface area (Å²) in [6.07, 6.45) is 8.56. The van der Waals surface area contributed by atoms with Crippen molar-refractivity contribution in [3.63, 3.8) is 0 Å². The van der Waals surface area contributed by atoms with Crippen LogP contribution in [0, 0.1) is 0 Å². The summed E-state index contributed by atoms with van der Waals surface area (Å²) < 4.78 is 0. The van der Waals surface area contributed by atoms with Crippen molar-refractivity contribution in [1.29, 1.82) is 0 Å². The molecule has 1 aliphatic rings. The summed E-state index contributed by atoms with van der Waals surface area (Å²) in [5.74, 6) is 0. The second-order valence-corrected chi connectivity index (χ2v) is 5.26. The minimum atomic E-state index is -0.0173. The highest BCUT2D eigenvalue weighted by atomic mass is 127. The fourth-order valence-corrected chi connectivity index (χ4v) is 2.08. The van der Waals surface area contributed by atoms with Crippen LogP contribution in [0.1, 0.15) is 25.7 Å². The molecule has 0 aromatic rings. The third kappa shape index (κ3) is 4.18. The second-order valence-electron chi connectivity index (χ2n) is 3.41. The van der Waals surface area contributed by atoms with Gasteiger partial charge in [0.05, 0.1) is 6.04 Å². The molecule has 0 bridgehead atoms. The maximum absolute atomic E-state index is 11.2. The first-order chi connectivity index (χ1) is 6.74. The van der Waals surface area contributed by atoms with Crippen LogP contribution < -0.4 is 11.1 Å². The van der Waals surface area contributed by atoms with Crippen LogP contribution >= 0.6 is 30.1 Å². The van der Waals surface area contributed by atoms with Gasteiger partial charge < -0.3 is 11.1 Å². The highest BCUT2D eigenvalue weighted by Crippen LogP contribution is 2.15. The number of hydrogen-bond acceptors (Lipinski definition) is 3. The van der Waals surface area contributed by atoms with Crippen molar-refractivity contribution in [3.05, 3.63) is 12.2 Å². The van der Waals surface area contributed by atoms with E-state index in [1.165, 1.54) is 6.42 Å². The Kier molecular flexibility index (Phi) is 5.88. The number of allylic oxidation sites excluding steroid dienone is 1. The lowest BCUT2D eigenvalue weighted by Crippen LogP contribution is -2.45. The van der Waals surface area contributed by atoms with Crippen molar-refractivity contribution >= 4 is 35.4 Å². The molecule has 0 radical (unpaired) electrons. The van der Waals surface area contributed by atoms with Crippen LogP contribution in [0.3, 0.4) is 0 Å². The van der Waals surface area contributed by atoms with Gasteiger partial charge in [-0.2, -0.15) is 0 Å². The minimum absolute atomic E-state index is 0.00469. The van der Waals surface area contributed by atoms with Crippen molar-refractivity contribution in [2.24, 2.45) is 5.73 Å². The molecule has 5 heteroatoms. The zero-order chi connectivity index (χ0) is 10.4. The number of carbonyl (C=O) groups is 1. The molecular formula is C9H15IN2OS. The molecule has 0 saturated carbocycles. The van der Waals surface area contributed by atoms with E-state index < -0.39 is 0 Å². The Bertz CT molecular complexity index is 223. The molecule has 0 saturated heterocycles. The van der Waals surface area contributed by atoms with Gasteiger partial charge in [0.2, 0.25) is 0 Å². The fourth-order valence-electron chi connectivity index (χ4n) is 1.52. The molecule has 1 aliphatic carbocycles. The van der Waals surface area contributed by atoms with E-state index in [-0.39, 0.29) is 17.3 Å². The Hall–Kier alpha value is 0.250. The van der Waals surface area contributed by atoms with E-state index in [9.17, 15) is 4.79 Å². The van der Waals surface area contributed by atoms with Gasteiger partial charge in [-0.3, -0.25) is 4.79 Å². The van der Waals surface area contributed by atoms with Crippen LogP contribution in [-0.4, -0.2) is 17.3 Å². The highest BCUT2D eigenvalue weighted by Gasteiger charge is 2.17. The van der Waals surface area contributed by atoms with Crippen LogP contribution in [0.15, 0.2) is 12.2 Å². The maximum atomic E-state index is 11.2. The molecule has 80 valence electrons. The smallest absolute Gasteiger partial charge is 0.289 e. The van der Waals surface area contributed by atoms with Crippen molar-refractivity contribution in [2.75, 3.05) is 0 Å². The number of halogens is 1. The molecular weight excluding hydrogens is 311 g/mol. The van der Waals surface area contributed by atoms with Crippen LogP contribution in [0.5, 0.6) is 0 Å². The van der Waals surface area contributed by atoms with E-state index in [1.807, 2.05) is 27.3 Å². The Labute approximate surface area is 101 Å². The first-order valence-corrected chi connectivity index (χ1v) is 8.11. The lowest BCUT2D eigenvalue weighted by atomic mass is 9.98. The lowest BCUT2D eigenvalue weighted by Gasteiger charge is -2.23. The van der Waals surface area contributed by atoms with Crippen molar-refractivity contribution in [3.8, 4) is 0 Å². The molecule has 0 spiro atoms. The predicted octanol–water partition coefficient (Wildman–Crippen LogP) is 2.61. The van der Waals surface area contributed by atoms with Gasteiger partial charge >= 0.3 is 0 Å². The average molecular weight is 326 g/mol. The molecule has 0 aromatic heterocycles. The van der Waals surface area contributed by atoms with Crippen LogP contribution in [0.2, 0.25) is 0 Å². The Morgan fingerprint density at radius 1 is 1.57 bits per heavy atom. The molecule has 0 heterocycles. The van der Waals surface area contributed by atoms with Gasteiger partial charge in [0, 0.05) is 36.2 Å². The van der Waals surface area contributed by atoms with Gasteiger partial charge in [0.1, 0.15) is 0 Å². The van der Waals surface area contributed by atoms with E-state index >= 15 is 0 Å². The number of amides is 1. The summed E-state index contributed by atoms with van der Waals surface area (Å²) in [5.41, 5.74) is 5.97. The van der Waals surface area contributed by atoms with Gasteiger partial charge in [-0.25, -0.2) is 0 Å². The third-order valence-electron chi connectivity index (χ3n) is 2.32. The standard InChI is InChI=1S/C9H15IN2OS/c10-14-9(13)12-8-6-4-2-1-3-5-7(8)11/h4,6-8H,1-3,5,11H2,(H,12,13)/t7-,8?/m1/s1. The van der Waals surface area contributed by atoms with Crippen LogP contribution in [-0.2, 0) is 0 Å². The summed E-state index contributed by atoms with van der Waals surface area (Å²) in [4.78, 5) is 11.2. The molecule has 2 atom stereocenters. The van der Waals surface area contributed by atoms with E-state index in [0.717, 1.165) is 28.2 Å². The number of rotatable bonds is 1. The second kappa shape index (κ2) is 6.68. The minimum Gasteiger partial charge on any atom is -0.339 e. The largest absolute Gasteiger partial charge is 0.339 e. The Morgan fingerprint density at radius 2 is 2.36 bits per heavy atom. The molecule has 14 heavy (non-hydrogen) atoms. The van der Waals surface area contributed by atoms with E-state index in [2.05, 4.69) is 11.4 Å². The maximum Gasteiger partial charge on any atom is 0.289 e. The first-order valence-electron chi connectivity index (χ1n) is 4.75. The number of nitrogens with one attached hydrogen (secondary N) is 1. The first kappa shape index (κ1) is 12.3. The summed E-state index contributed by atoms with van der Waals surface area (Å²) in [5, 5.41) is 2.87. The van der Waals surface area contributed by atoms with Crippen LogP contribution in [0.4, 0.5) is 4.79 Å². The van der Waals surface area contributed by atoms with Gasteiger partial charge in [0.25, 0.3) is 5.24 Å². The van der Waals surface area contributed by atoms with Crippen molar-refractivity contribution < 1.29 is 4.79 Å². The molecule has 0 aliphatic heterocycles. The molecule has 1 rings (SSSR count). The van der Waals surface area contributed by atoms with Gasteiger partial charge in [0.15, 0.2) is 0 Å². The quantitative estimate of drug-likeness (QED) is 0.575. The summed E-state index contributed by atoms with van der Waals surface area (Å²) in [7, 11) is 1.16. The SMILES string of the molecule is N[C@@H]1CCCCC=CC1NC(=O)SI. The Morgan fingerprint density at radius 3 is 3.07 bits per heavy atom. The van der Waals surface area contributed by atoms with Crippen molar-refractivity contribution in [2.45, 2.75) is 37.8 Å². The number of nitrogens with two attached hydrogens (primary N) is 1. The van der Waals surface area contributed by atoms with E-state index in [1.54, 1.807) is 0 Å². The summed E-state index contributed by atoms with van der Waals surface area (Å²) in [6, 6.07) is 0.0594. The molecule has 1 amide bonds. The number of carbonyl (C=O) groups excluding carboxylic acids is 1. The Balaban J connectivity index is 2.52. The normalized spacial score (nSPS) is 27.9. The van der Waals surface area contributed by atoms with Crippen molar-refractivity contribution in [1.82, 2.24) is 5.32 Å². The topological polar surface area (TPSA) is 55.1 Å². The zero-order valence-electron chi connectivity index (χ0n) is 7.91. The molecule has 0 aromatic carbocycles. The van der Waals surface area contributed by atoms with E-state index in [0.29, 0.717) is 0 Å². The van der Waals surface area contributed by atoms with Crippen LogP contribution in [0.25, 0.3) is 0 Å². The fraction of sp³-hybridized carbons (Fsp3) is 0.667. The number of hydrogen-bond donors (Lipinski definition) is 2. The molecule has 3 nitrogen and oxygen atoms in total. The predicted molar refractivity (Wildman–Crippen MR) is 69.5 cm³/mol. The van der Waals surface area contributed by atoms with Gasteiger partial charge in [-0.1, -0.05) is 18.6 Å². The highest BCUT2D eigenvalue weighted by molar-refractivity contribution is 14.2. The molecule has 0 fully saturated rings. The average Bonchev–Trinajstić information content (AvgIpc) is 2.17. The monoisotopic (exact) mass is 326 g/mol. The van der Waals surface area contributed by atoms with Gasteiger partial charge in [-0.15, -0.1) is 0 Å². The molecule has 3 N–H and O–H groups in total. The summed E-state index contributed by atoms with van der Waals surface area (Å²) >= 11 is 1.97. The zero-order valence-corrected chi connectivity index (χ0v) is 10.9. The third-order valence-corrected chi connectivity index (χ3v) is 3.78. The van der Waals surface area contributed by atoms with E-state index in [4.69, 9.17) is 5.73 Å². The molecule has 1 unspecified atom stereocenters. The summed E-state index contributed by atoms with van der Waals surface area (Å²) in [6.45, 7) is 0.